The summed E-state index contributed by atoms with van der Waals surface area (Å²) in [6, 6.07) is 0. The fourth-order valence-electron chi connectivity index (χ4n) is 2.46. The van der Waals surface area contributed by atoms with Crippen molar-refractivity contribution in [3.8, 4) is 0 Å². The van der Waals surface area contributed by atoms with Gasteiger partial charge in [0, 0.05) is 39.3 Å². The molecule has 1 aliphatic heterocycles. The van der Waals surface area contributed by atoms with Crippen molar-refractivity contribution in [3.63, 3.8) is 0 Å². The number of allylic oxidation sites excluding steroid dienone is 4. The zero-order valence-corrected chi connectivity index (χ0v) is 12.5. The van der Waals surface area contributed by atoms with E-state index >= 15 is 0 Å². The molecule has 0 spiro atoms. The molecule has 112 valence electrons. The van der Waals surface area contributed by atoms with E-state index in [4.69, 9.17) is 10.5 Å². The Balaban J connectivity index is 1.73. The number of hydrogen-bond donors (Lipinski definition) is 1. The molecule has 5 nitrogen and oxygen atoms in total. The Hall–Kier alpha value is -1.49. The van der Waals surface area contributed by atoms with Crippen LogP contribution in [0.25, 0.3) is 0 Å². The van der Waals surface area contributed by atoms with Gasteiger partial charge in [0.05, 0.1) is 12.3 Å². The predicted molar refractivity (Wildman–Crippen MR) is 78.8 cm³/mol. The average Bonchev–Trinajstić information content (AvgIpc) is 2.43. The Morgan fingerprint density at radius 1 is 1.35 bits per heavy atom. The molecular formula is C15H25N3O2. The summed E-state index contributed by atoms with van der Waals surface area (Å²) in [7, 11) is 3.60. The lowest BCUT2D eigenvalue weighted by atomic mass is 10.1. The molecule has 2 aliphatic rings. The summed E-state index contributed by atoms with van der Waals surface area (Å²) in [6.45, 7) is 2.37. The predicted octanol–water partition coefficient (Wildman–Crippen LogP) is 1.08. The highest BCUT2D eigenvalue weighted by atomic mass is 16.5. The maximum atomic E-state index is 11.7. The molecule has 1 heterocycles. The molecule has 0 unspecified atom stereocenters. The van der Waals surface area contributed by atoms with Gasteiger partial charge in [0.15, 0.2) is 0 Å². The largest absolute Gasteiger partial charge is 0.495 e. The van der Waals surface area contributed by atoms with Crippen molar-refractivity contribution < 1.29 is 9.53 Å². The van der Waals surface area contributed by atoms with Crippen LogP contribution in [0.5, 0.6) is 0 Å². The molecule has 2 N–H and O–H groups in total. The Kier molecular flexibility index (Phi) is 5.06. The Morgan fingerprint density at radius 2 is 2.05 bits per heavy atom. The smallest absolute Gasteiger partial charge is 0.236 e. The molecule has 0 bridgehead atoms. The molecule has 0 aromatic heterocycles. The fourth-order valence-corrected chi connectivity index (χ4v) is 2.46. The minimum atomic E-state index is 0.167. The van der Waals surface area contributed by atoms with Gasteiger partial charge in [0.1, 0.15) is 6.10 Å². The molecule has 20 heavy (non-hydrogen) atoms. The maximum absolute atomic E-state index is 11.7. The van der Waals surface area contributed by atoms with Crippen molar-refractivity contribution >= 4 is 5.91 Å². The highest BCUT2D eigenvalue weighted by molar-refractivity contribution is 5.77. The Morgan fingerprint density at radius 3 is 2.60 bits per heavy atom. The maximum Gasteiger partial charge on any atom is 0.236 e. The number of piperidine rings is 1. The monoisotopic (exact) mass is 279 g/mol. The van der Waals surface area contributed by atoms with Gasteiger partial charge in [-0.3, -0.25) is 9.69 Å². The lowest BCUT2D eigenvalue weighted by Gasteiger charge is -2.33. The third-order valence-corrected chi connectivity index (χ3v) is 3.85. The molecule has 0 saturated carbocycles. The van der Waals surface area contributed by atoms with Crippen LogP contribution in [0.1, 0.15) is 25.7 Å². The molecule has 1 aliphatic carbocycles. The average molecular weight is 279 g/mol. The zero-order chi connectivity index (χ0) is 14.5. The molecule has 5 heteroatoms. The number of ether oxygens (including phenoxy) is 1. The SMILES string of the molecule is CN(C)C(=O)CN1CCC(OC2=CC=C(N)CC2)CC1. The molecule has 1 amide bonds. The van der Waals surface area contributed by atoms with E-state index in [1.165, 1.54) is 0 Å². The second kappa shape index (κ2) is 6.79. The number of carbonyl (C=O) groups excluding carboxylic acids is 1. The van der Waals surface area contributed by atoms with Crippen LogP contribution in [-0.2, 0) is 9.53 Å². The van der Waals surface area contributed by atoms with Crippen LogP contribution < -0.4 is 5.73 Å². The van der Waals surface area contributed by atoms with Crippen molar-refractivity contribution in [1.82, 2.24) is 9.80 Å². The fraction of sp³-hybridized carbons (Fsp3) is 0.667. The molecule has 2 rings (SSSR count). The first kappa shape index (κ1) is 14.9. The van der Waals surface area contributed by atoms with Gasteiger partial charge in [-0.2, -0.15) is 0 Å². The van der Waals surface area contributed by atoms with Gasteiger partial charge in [-0.15, -0.1) is 0 Å². The van der Waals surface area contributed by atoms with Gasteiger partial charge in [0.2, 0.25) is 5.91 Å². The van der Waals surface area contributed by atoms with E-state index in [0.717, 1.165) is 50.2 Å². The summed E-state index contributed by atoms with van der Waals surface area (Å²) in [6.07, 6.45) is 7.96. The first-order valence-corrected chi connectivity index (χ1v) is 7.29. The first-order chi connectivity index (χ1) is 9.54. The van der Waals surface area contributed by atoms with Crippen molar-refractivity contribution in [2.24, 2.45) is 5.73 Å². The Bertz CT molecular complexity index is 407. The number of rotatable bonds is 4. The lowest BCUT2D eigenvalue weighted by molar-refractivity contribution is -0.130. The van der Waals surface area contributed by atoms with Crippen LogP contribution >= 0.6 is 0 Å². The molecular weight excluding hydrogens is 254 g/mol. The van der Waals surface area contributed by atoms with Crippen molar-refractivity contribution in [3.05, 3.63) is 23.6 Å². The van der Waals surface area contributed by atoms with E-state index in [9.17, 15) is 4.79 Å². The summed E-state index contributed by atoms with van der Waals surface area (Å²) < 4.78 is 6.02. The zero-order valence-electron chi connectivity index (χ0n) is 12.5. The number of nitrogens with zero attached hydrogens (tertiary/aromatic N) is 2. The highest BCUT2D eigenvalue weighted by Crippen LogP contribution is 2.22. The summed E-state index contributed by atoms with van der Waals surface area (Å²) >= 11 is 0. The summed E-state index contributed by atoms with van der Waals surface area (Å²) in [5.41, 5.74) is 6.66. The van der Waals surface area contributed by atoms with Crippen molar-refractivity contribution in [1.29, 1.82) is 0 Å². The second-order valence-electron chi connectivity index (χ2n) is 5.76. The molecule has 1 saturated heterocycles. The van der Waals surface area contributed by atoms with Gasteiger partial charge < -0.3 is 15.4 Å². The quantitative estimate of drug-likeness (QED) is 0.836. The van der Waals surface area contributed by atoms with Gasteiger partial charge in [0.25, 0.3) is 0 Å². The van der Waals surface area contributed by atoms with E-state index in [1.54, 1.807) is 19.0 Å². The minimum Gasteiger partial charge on any atom is -0.495 e. The summed E-state index contributed by atoms with van der Waals surface area (Å²) in [4.78, 5) is 15.5. The van der Waals surface area contributed by atoms with Crippen LogP contribution in [0.15, 0.2) is 23.6 Å². The summed E-state index contributed by atoms with van der Waals surface area (Å²) in [5.74, 6) is 1.21. The molecule has 1 fully saturated rings. The van der Waals surface area contributed by atoms with E-state index in [0.29, 0.717) is 6.54 Å². The lowest BCUT2D eigenvalue weighted by Crippen LogP contribution is -2.42. The number of amides is 1. The van der Waals surface area contributed by atoms with Gasteiger partial charge in [-0.25, -0.2) is 0 Å². The molecule has 0 aromatic rings. The van der Waals surface area contributed by atoms with Crippen LogP contribution in [0, 0.1) is 0 Å². The van der Waals surface area contributed by atoms with E-state index in [2.05, 4.69) is 4.90 Å². The highest BCUT2D eigenvalue weighted by Gasteiger charge is 2.23. The summed E-state index contributed by atoms with van der Waals surface area (Å²) in [5, 5.41) is 0. The van der Waals surface area contributed by atoms with E-state index in [-0.39, 0.29) is 12.0 Å². The second-order valence-corrected chi connectivity index (χ2v) is 5.76. The number of hydrogen-bond acceptors (Lipinski definition) is 4. The van der Waals surface area contributed by atoms with Gasteiger partial charge in [-0.1, -0.05) is 0 Å². The third-order valence-electron chi connectivity index (χ3n) is 3.85. The minimum absolute atomic E-state index is 0.167. The third kappa shape index (κ3) is 4.27. The van der Waals surface area contributed by atoms with Crippen LogP contribution in [0.3, 0.4) is 0 Å². The van der Waals surface area contributed by atoms with Gasteiger partial charge in [-0.05, 0) is 31.4 Å². The topological polar surface area (TPSA) is 58.8 Å². The van der Waals surface area contributed by atoms with Crippen LogP contribution in [0.2, 0.25) is 0 Å². The van der Waals surface area contributed by atoms with Crippen molar-refractivity contribution in [2.45, 2.75) is 31.8 Å². The van der Waals surface area contributed by atoms with E-state index < -0.39 is 0 Å². The number of carbonyl (C=O) groups is 1. The van der Waals surface area contributed by atoms with E-state index in [1.807, 2.05) is 12.2 Å². The number of likely N-dealkylation sites (N-methyl/N-ethyl adjacent to an activating group) is 1. The normalized spacial score (nSPS) is 21.1. The Labute approximate surface area is 121 Å². The first-order valence-electron chi connectivity index (χ1n) is 7.29. The molecule has 0 aromatic carbocycles. The standard InChI is InChI=1S/C15H25N3O2/c1-17(2)15(19)11-18-9-7-14(8-10-18)20-13-5-3-12(16)4-6-13/h3,5,14H,4,6-11,16H2,1-2H3. The van der Waals surface area contributed by atoms with Crippen LogP contribution in [0.4, 0.5) is 0 Å². The van der Waals surface area contributed by atoms with Crippen molar-refractivity contribution in [2.75, 3.05) is 33.7 Å². The van der Waals surface area contributed by atoms with Crippen LogP contribution in [-0.4, -0.2) is 55.5 Å². The molecule has 0 atom stereocenters. The molecule has 0 radical (unpaired) electrons. The number of likely N-dealkylation sites (tertiary alicyclic amines) is 1. The number of nitrogens with two attached hydrogens (primary N) is 1. The van der Waals surface area contributed by atoms with Gasteiger partial charge >= 0.3 is 0 Å².